The Labute approximate surface area is 184 Å². The molecule has 2 aromatic carbocycles. The summed E-state index contributed by atoms with van der Waals surface area (Å²) in [4.78, 5) is 21.1. The molecular formula is C25H24F3N3O. The molecule has 0 aliphatic carbocycles. The Morgan fingerprint density at radius 2 is 1.94 bits per heavy atom. The zero-order chi connectivity index (χ0) is 22.3. The van der Waals surface area contributed by atoms with Gasteiger partial charge in [-0.2, -0.15) is 13.2 Å². The number of rotatable bonds is 2. The van der Waals surface area contributed by atoms with Crippen LogP contribution in [0.1, 0.15) is 34.5 Å². The van der Waals surface area contributed by atoms with Crippen LogP contribution >= 0.6 is 0 Å². The molecule has 0 spiro atoms. The number of aromatic nitrogens is 1. The summed E-state index contributed by atoms with van der Waals surface area (Å²) in [7, 11) is 0. The van der Waals surface area contributed by atoms with Gasteiger partial charge in [-0.15, -0.1) is 0 Å². The molecule has 1 amide bonds. The van der Waals surface area contributed by atoms with E-state index < -0.39 is 12.1 Å². The molecule has 2 aliphatic heterocycles. The monoisotopic (exact) mass is 439 g/mol. The van der Waals surface area contributed by atoms with Crippen molar-refractivity contribution < 1.29 is 18.0 Å². The fraction of sp³-hybridized carbons (Fsp3) is 0.360. The lowest BCUT2D eigenvalue weighted by Gasteiger charge is -2.34. The maximum Gasteiger partial charge on any atom is 0.393 e. The first-order chi connectivity index (χ1) is 15.4. The van der Waals surface area contributed by atoms with E-state index >= 15 is 0 Å². The van der Waals surface area contributed by atoms with E-state index in [0.29, 0.717) is 18.5 Å². The first kappa shape index (κ1) is 20.8. The number of amides is 1. The van der Waals surface area contributed by atoms with Gasteiger partial charge >= 0.3 is 6.18 Å². The van der Waals surface area contributed by atoms with Crippen molar-refractivity contribution in [1.82, 2.24) is 9.88 Å². The summed E-state index contributed by atoms with van der Waals surface area (Å²) in [6.07, 6.45) is -1.11. The number of hydrogen-bond donors (Lipinski definition) is 0. The Kier molecular flexibility index (Phi) is 5.27. The van der Waals surface area contributed by atoms with Crippen LogP contribution in [0.5, 0.6) is 0 Å². The number of carbonyl (C=O) groups is 1. The largest absolute Gasteiger partial charge is 0.393 e. The van der Waals surface area contributed by atoms with Crippen LogP contribution in [0.4, 0.5) is 18.9 Å². The molecule has 0 radical (unpaired) electrons. The Hall–Kier alpha value is -3.09. The molecule has 1 saturated heterocycles. The predicted molar refractivity (Wildman–Crippen MR) is 118 cm³/mol. The molecule has 1 atom stereocenters. The number of fused-ring (bicyclic) bond motifs is 2. The van der Waals surface area contributed by atoms with Crippen LogP contribution in [0, 0.1) is 5.92 Å². The SMILES string of the molecule is O=C(c1ccc2c(N3CCc4ncccc4C3)cccc2c1)N1CCC[C@H](C(F)(F)F)C1. The van der Waals surface area contributed by atoms with E-state index in [4.69, 9.17) is 0 Å². The zero-order valence-electron chi connectivity index (χ0n) is 17.6. The first-order valence-corrected chi connectivity index (χ1v) is 11.0. The molecule has 32 heavy (non-hydrogen) atoms. The minimum Gasteiger partial charge on any atom is -0.366 e. The third-order valence-corrected chi connectivity index (χ3v) is 6.58. The van der Waals surface area contributed by atoms with Crippen molar-refractivity contribution in [2.24, 2.45) is 5.92 Å². The van der Waals surface area contributed by atoms with E-state index in [-0.39, 0.29) is 18.9 Å². The standard InChI is InChI=1S/C25H24F3N3O/c26-25(27,28)20-6-3-12-31(16-20)24(32)18-8-9-21-17(14-18)4-1-7-23(21)30-13-10-22-19(15-30)5-2-11-29-22/h1-2,4-5,7-9,11,14,20H,3,6,10,12-13,15-16H2/t20-/m0/s1. The molecule has 1 fully saturated rings. The Morgan fingerprint density at radius 3 is 2.78 bits per heavy atom. The molecule has 166 valence electrons. The van der Waals surface area contributed by atoms with Crippen LogP contribution in [0.3, 0.4) is 0 Å². The van der Waals surface area contributed by atoms with Crippen molar-refractivity contribution in [2.45, 2.75) is 32.0 Å². The number of piperidine rings is 1. The zero-order valence-corrected chi connectivity index (χ0v) is 17.6. The van der Waals surface area contributed by atoms with Crippen molar-refractivity contribution >= 4 is 22.4 Å². The first-order valence-electron chi connectivity index (χ1n) is 11.0. The van der Waals surface area contributed by atoms with Crippen molar-refractivity contribution in [1.29, 1.82) is 0 Å². The van der Waals surface area contributed by atoms with E-state index in [1.54, 1.807) is 12.1 Å². The van der Waals surface area contributed by atoms with Gasteiger partial charge in [0.05, 0.1) is 5.92 Å². The number of anilines is 1. The highest BCUT2D eigenvalue weighted by molar-refractivity contribution is 6.02. The third kappa shape index (κ3) is 3.92. The van der Waals surface area contributed by atoms with Crippen LogP contribution < -0.4 is 4.90 Å². The number of likely N-dealkylation sites (tertiary alicyclic amines) is 1. The minimum absolute atomic E-state index is 0.0862. The lowest BCUT2D eigenvalue weighted by Crippen LogP contribution is -2.44. The molecule has 0 unspecified atom stereocenters. The Bertz CT molecular complexity index is 1160. The molecule has 4 nitrogen and oxygen atoms in total. The Balaban J connectivity index is 1.40. The van der Waals surface area contributed by atoms with Crippen molar-refractivity contribution in [2.75, 3.05) is 24.5 Å². The Morgan fingerprint density at radius 1 is 1.06 bits per heavy atom. The lowest BCUT2D eigenvalue weighted by molar-refractivity contribution is -0.184. The highest BCUT2D eigenvalue weighted by atomic mass is 19.4. The van der Waals surface area contributed by atoms with Crippen LogP contribution in [0.2, 0.25) is 0 Å². The number of carbonyl (C=O) groups excluding carboxylic acids is 1. The van der Waals surface area contributed by atoms with Gasteiger partial charge in [0.1, 0.15) is 0 Å². The average molecular weight is 439 g/mol. The van der Waals surface area contributed by atoms with Gasteiger partial charge in [-0.3, -0.25) is 9.78 Å². The lowest BCUT2D eigenvalue weighted by atomic mass is 9.96. The molecule has 7 heteroatoms. The number of alkyl halides is 3. The normalized spacial score (nSPS) is 19.2. The van der Waals surface area contributed by atoms with Crippen LogP contribution in [-0.4, -0.2) is 41.6 Å². The van der Waals surface area contributed by atoms with Gasteiger partial charge in [0.25, 0.3) is 5.91 Å². The summed E-state index contributed by atoms with van der Waals surface area (Å²) in [5.74, 6) is -1.77. The van der Waals surface area contributed by atoms with Crippen molar-refractivity contribution in [3.63, 3.8) is 0 Å². The topological polar surface area (TPSA) is 36.4 Å². The summed E-state index contributed by atoms with van der Waals surface area (Å²) >= 11 is 0. The smallest absolute Gasteiger partial charge is 0.366 e. The number of halogens is 3. The molecule has 3 aromatic rings. The predicted octanol–water partition coefficient (Wildman–Crippen LogP) is 5.21. The highest BCUT2D eigenvalue weighted by Gasteiger charge is 2.42. The van der Waals surface area contributed by atoms with Crippen molar-refractivity contribution in [3.05, 3.63) is 71.5 Å². The molecule has 5 rings (SSSR count). The van der Waals surface area contributed by atoms with E-state index in [2.05, 4.69) is 22.0 Å². The number of pyridine rings is 1. The number of benzene rings is 2. The van der Waals surface area contributed by atoms with Gasteiger partial charge in [0.15, 0.2) is 0 Å². The summed E-state index contributed by atoms with van der Waals surface area (Å²) in [5.41, 5.74) is 3.87. The van der Waals surface area contributed by atoms with Gasteiger partial charge in [0, 0.05) is 61.1 Å². The molecule has 0 N–H and O–H groups in total. The van der Waals surface area contributed by atoms with Gasteiger partial charge in [-0.1, -0.05) is 24.3 Å². The fourth-order valence-corrected chi connectivity index (χ4v) is 4.86. The molecule has 2 aliphatic rings. The number of nitrogens with zero attached hydrogens (tertiary/aromatic N) is 3. The van der Waals surface area contributed by atoms with Crippen LogP contribution in [-0.2, 0) is 13.0 Å². The maximum atomic E-state index is 13.2. The van der Waals surface area contributed by atoms with Crippen LogP contribution in [0.25, 0.3) is 10.8 Å². The number of hydrogen-bond acceptors (Lipinski definition) is 3. The summed E-state index contributed by atoms with van der Waals surface area (Å²) < 4.78 is 39.5. The molecule has 1 aromatic heterocycles. The maximum absolute atomic E-state index is 13.2. The van der Waals surface area contributed by atoms with E-state index in [1.165, 1.54) is 10.5 Å². The summed E-state index contributed by atoms with van der Waals surface area (Å²) in [6.45, 7) is 1.73. The van der Waals surface area contributed by atoms with Gasteiger partial charge < -0.3 is 9.80 Å². The molecule has 0 bridgehead atoms. The van der Waals surface area contributed by atoms with Crippen molar-refractivity contribution in [3.8, 4) is 0 Å². The molecular weight excluding hydrogens is 415 g/mol. The third-order valence-electron chi connectivity index (χ3n) is 6.58. The second-order valence-corrected chi connectivity index (χ2v) is 8.63. The minimum atomic E-state index is -4.26. The van der Waals surface area contributed by atoms with E-state index in [1.807, 2.05) is 30.5 Å². The molecule has 0 saturated carbocycles. The van der Waals surface area contributed by atoms with Gasteiger partial charge in [0.2, 0.25) is 0 Å². The van der Waals surface area contributed by atoms with E-state index in [0.717, 1.165) is 41.7 Å². The van der Waals surface area contributed by atoms with Gasteiger partial charge in [-0.25, -0.2) is 0 Å². The summed E-state index contributed by atoms with van der Waals surface area (Å²) in [6, 6.07) is 15.5. The highest BCUT2D eigenvalue weighted by Crippen LogP contribution is 2.34. The van der Waals surface area contributed by atoms with Gasteiger partial charge in [-0.05, 0) is 48.1 Å². The quantitative estimate of drug-likeness (QED) is 0.550. The fourth-order valence-electron chi connectivity index (χ4n) is 4.86. The summed E-state index contributed by atoms with van der Waals surface area (Å²) in [5, 5.41) is 1.94. The average Bonchev–Trinajstić information content (AvgIpc) is 2.82. The second-order valence-electron chi connectivity index (χ2n) is 8.63. The van der Waals surface area contributed by atoms with Crippen LogP contribution in [0.15, 0.2) is 54.7 Å². The second kappa shape index (κ2) is 8.11. The molecule has 3 heterocycles. The van der Waals surface area contributed by atoms with E-state index in [9.17, 15) is 18.0 Å².